The van der Waals surface area contributed by atoms with E-state index in [-0.39, 0.29) is 11.7 Å². The van der Waals surface area contributed by atoms with Gasteiger partial charge in [-0.15, -0.1) is 11.3 Å². The molecule has 0 saturated carbocycles. The Bertz CT molecular complexity index is 524. The minimum atomic E-state index is -0.344. The van der Waals surface area contributed by atoms with E-state index in [1.165, 1.54) is 24.3 Å². The zero-order valence-electron chi connectivity index (χ0n) is 8.74. The summed E-state index contributed by atoms with van der Waals surface area (Å²) in [6, 6.07) is 9.36. The van der Waals surface area contributed by atoms with Gasteiger partial charge in [-0.3, -0.25) is 4.79 Å². The quantitative estimate of drug-likeness (QED) is 0.922. The smallest absolute Gasteiger partial charge is 0.251 e. The van der Waals surface area contributed by atoms with Crippen LogP contribution in [0.25, 0.3) is 0 Å². The molecule has 5 heteroatoms. The van der Waals surface area contributed by atoms with E-state index in [2.05, 4.69) is 21.2 Å². The van der Waals surface area contributed by atoms with Crippen molar-refractivity contribution in [3.05, 3.63) is 56.4 Å². The molecule has 0 atom stereocenters. The van der Waals surface area contributed by atoms with Crippen molar-refractivity contribution in [2.24, 2.45) is 0 Å². The van der Waals surface area contributed by atoms with Crippen LogP contribution in [0.1, 0.15) is 15.2 Å². The summed E-state index contributed by atoms with van der Waals surface area (Å²) in [5.41, 5.74) is 0.460. The van der Waals surface area contributed by atoms with Crippen LogP contribution in [0.4, 0.5) is 4.39 Å². The zero-order chi connectivity index (χ0) is 12.3. The number of hydrogen-bond donors (Lipinski definition) is 1. The topological polar surface area (TPSA) is 29.1 Å². The molecule has 0 aliphatic carbocycles. The predicted molar refractivity (Wildman–Crippen MR) is 69.6 cm³/mol. The van der Waals surface area contributed by atoms with Gasteiger partial charge < -0.3 is 5.32 Å². The van der Waals surface area contributed by atoms with Crippen LogP contribution in [0.5, 0.6) is 0 Å². The maximum atomic E-state index is 12.7. The molecule has 1 heterocycles. The summed E-state index contributed by atoms with van der Waals surface area (Å²) in [6.07, 6.45) is 0. The fraction of sp³-hybridized carbons (Fsp3) is 0.0833. The maximum absolute atomic E-state index is 12.7. The molecule has 2 nitrogen and oxygen atoms in total. The van der Waals surface area contributed by atoms with Gasteiger partial charge in [0.2, 0.25) is 0 Å². The molecular weight excluding hydrogens is 305 g/mol. The van der Waals surface area contributed by atoms with E-state index >= 15 is 0 Å². The van der Waals surface area contributed by atoms with Crippen molar-refractivity contribution in [2.45, 2.75) is 6.54 Å². The van der Waals surface area contributed by atoms with Crippen LogP contribution in [-0.2, 0) is 6.54 Å². The van der Waals surface area contributed by atoms with Crippen molar-refractivity contribution >= 4 is 33.2 Å². The van der Waals surface area contributed by atoms with Crippen LogP contribution >= 0.6 is 27.3 Å². The first kappa shape index (κ1) is 12.3. The minimum Gasteiger partial charge on any atom is -0.347 e. The van der Waals surface area contributed by atoms with Gasteiger partial charge in [0.1, 0.15) is 5.82 Å². The molecule has 88 valence electrons. The van der Waals surface area contributed by atoms with Gasteiger partial charge in [-0.2, -0.15) is 0 Å². The Kier molecular flexibility index (Phi) is 3.91. The highest BCUT2D eigenvalue weighted by molar-refractivity contribution is 9.11. The van der Waals surface area contributed by atoms with Gasteiger partial charge in [0.15, 0.2) is 0 Å². The Balaban J connectivity index is 1.95. The number of hydrogen-bond acceptors (Lipinski definition) is 2. The van der Waals surface area contributed by atoms with Gasteiger partial charge in [0, 0.05) is 10.4 Å². The lowest BCUT2D eigenvalue weighted by Gasteiger charge is -2.03. The molecule has 1 aromatic heterocycles. The largest absolute Gasteiger partial charge is 0.347 e. The highest BCUT2D eigenvalue weighted by Gasteiger charge is 2.05. The first-order valence-electron chi connectivity index (χ1n) is 4.93. The number of amides is 1. The summed E-state index contributed by atoms with van der Waals surface area (Å²) in [6.45, 7) is 0.479. The molecule has 2 rings (SSSR count). The average Bonchev–Trinajstić information content (AvgIpc) is 2.73. The van der Waals surface area contributed by atoms with Gasteiger partial charge in [-0.1, -0.05) is 0 Å². The monoisotopic (exact) mass is 313 g/mol. The average molecular weight is 314 g/mol. The normalized spacial score (nSPS) is 10.2. The van der Waals surface area contributed by atoms with Gasteiger partial charge in [0.05, 0.1) is 10.3 Å². The van der Waals surface area contributed by atoms with Crippen LogP contribution in [0.2, 0.25) is 0 Å². The fourth-order valence-corrected chi connectivity index (χ4v) is 2.74. The molecule has 17 heavy (non-hydrogen) atoms. The summed E-state index contributed by atoms with van der Waals surface area (Å²) < 4.78 is 13.7. The van der Waals surface area contributed by atoms with E-state index in [0.717, 1.165) is 8.66 Å². The van der Waals surface area contributed by atoms with Crippen LogP contribution in [0.3, 0.4) is 0 Å². The number of thiophene rings is 1. The summed E-state index contributed by atoms with van der Waals surface area (Å²) in [4.78, 5) is 12.8. The lowest BCUT2D eigenvalue weighted by atomic mass is 10.2. The van der Waals surface area contributed by atoms with Crippen LogP contribution in [0, 0.1) is 5.82 Å². The molecule has 0 saturated heterocycles. The number of carbonyl (C=O) groups is 1. The van der Waals surface area contributed by atoms with E-state index in [1.54, 1.807) is 11.3 Å². The van der Waals surface area contributed by atoms with Gasteiger partial charge >= 0.3 is 0 Å². The Morgan fingerprint density at radius 3 is 2.53 bits per heavy atom. The van der Waals surface area contributed by atoms with Gasteiger partial charge in [-0.05, 0) is 52.3 Å². The Morgan fingerprint density at radius 2 is 1.94 bits per heavy atom. The molecule has 0 radical (unpaired) electrons. The SMILES string of the molecule is O=C(NCc1ccc(Br)s1)c1ccc(F)cc1. The van der Waals surface area contributed by atoms with Crippen molar-refractivity contribution < 1.29 is 9.18 Å². The zero-order valence-corrected chi connectivity index (χ0v) is 11.1. The summed E-state index contributed by atoms with van der Waals surface area (Å²) in [7, 11) is 0. The molecule has 0 unspecified atom stereocenters. The Hall–Kier alpha value is -1.20. The summed E-state index contributed by atoms with van der Waals surface area (Å²) in [5.74, 6) is -0.543. The number of rotatable bonds is 3. The van der Waals surface area contributed by atoms with E-state index in [0.29, 0.717) is 12.1 Å². The highest BCUT2D eigenvalue weighted by atomic mass is 79.9. The van der Waals surface area contributed by atoms with Crippen LogP contribution in [0.15, 0.2) is 40.2 Å². The predicted octanol–water partition coefficient (Wildman–Crippen LogP) is 3.58. The third-order valence-electron chi connectivity index (χ3n) is 2.16. The molecule has 0 aliphatic rings. The number of halogens is 2. The number of carbonyl (C=O) groups excluding carboxylic acids is 1. The van der Waals surface area contributed by atoms with Crippen molar-refractivity contribution in [1.82, 2.24) is 5.32 Å². The molecule has 0 fully saturated rings. The Morgan fingerprint density at radius 1 is 1.24 bits per heavy atom. The molecule has 0 bridgehead atoms. The summed E-state index contributed by atoms with van der Waals surface area (Å²) in [5, 5.41) is 2.78. The molecule has 1 aromatic carbocycles. The first-order valence-corrected chi connectivity index (χ1v) is 6.54. The molecule has 2 aromatic rings. The third kappa shape index (κ3) is 3.38. The number of nitrogens with one attached hydrogen (secondary N) is 1. The Labute approximate surface area is 111 Å². The molecule has 0 spiro atoms. The fourth-order valence-electron chi connectivity index (χ4n) is 1.32. The van der Waals surface area contributed by atoms with Gasteiger partial charge in [0.25, 0.3) is 5.91 Å². The van der Waals surface area contributed by atoms with Crippen LogP contribution < -0.4 is 5.32 Å². The van der Waals surface area contributed by atoms with E-state index in [4.69, 9.17) is 0 Å². The van der Waals surface area contributed by atoms with E-state index in [9.17, 15) is 9.18 Å². The summed E-state index contributed by atoms with van der Waals surface area (Å²) >= 11 is 4.93. The van der Waals surface area contributed by atoms with Crippen molar-refractivity contribution in [1.29, 1.82) is 0 Å². The number of benzene rings is 1. The molecule has 1 amide bonds. The lowest BCUT2D eigenvalue weighted by Crippen LogP contribution is -2.22. The van der Waals surface area contributed by atoms with Crippen molar-refractivity contribution in [3.8, 4) is 0 Å². The van der Waals surface area contributed by atoms with Crippen molar-refractivity contribution in [3.63, 3.8) is 0 Å². The second kappa shape index (κ2) is 5.42. The maximum Gasteiger partial charge on any atom is 0.251 e. The van der Waals surface area contributed by atoms with Crippen LogP contribution in [-0.4, -0.2) is 5.91 Å². The van der Waals surface area contributed by atoms with E-state index in [1.807, 2.05) is 12.1 Å². The van der Waals surface area contributed by atoms with Gasteiger partial charge in [-0.25, -0.2) is 4.39 Å². The second-order valence-electron chi connectivity index (χ2n) is 3.40. The standard InChI is InChI=1S/C12H9BrFNOS/c13-11-6-5-10(17-11)7-15-12(16)8-1-3-9(14)4-2-8/h1-6H,7H2,(H,15,16). The molecule has 1 N–H and O–H groups in total. The second-order valence-corrected chi connectivity index (χ2v) is 5.94. The molecular formula is C12H9BrFNOS. The van der Waals surface area contributed by atoms with Crippen molar-refractivity contribution in [2.75, 3.05) is 0 Å². The lowest BCUT2D eigenvalue weighted by molar-refractivity contribution is 0.0951. The first-order chi connectivity index (χ1) is 8.15. The van der Waals surface area contributed by atoms with E-state index < -0.39 is 0 Å². The molecule has 0 aliphatic heterocycles. The minimum absolute atomic E-state index is 0.200. The highest BCUT2D eigenvalue weighted by Crippen LogP contribution is 2.21. The third-order valence-corrected chi connectivity index (χ3v) is 3.78.